The van der Waals surface area contributed by atoms with Crippen LogP contribution in [0.1, 0.15) is 37.0 Å². The largest absolute Gasteiger partial charge is 0.325 e. The summed E-state index contributed by atoms with van der Waals surface area (Å²) in [6, 6.07) is 14.3. The number of anilines is 1. The molecule has 5 heteroatoms. The van der Waals surface area contributed by atoms with Gasteiger partial charge in [-0.25, -0.2) is 0 Å². The van der Waals surface area contributed by atoms with Crippen LogP contribution in [0.25, 0.3) is 5.57 Å². The third kappa shape index (κ3) is 4.41. The normalized spacial score (nSPS) is 19.6. The van der Waals surface area contributed by atoms with Gasteiger partial charge in [0.15, 0.2) is 0 Å². The van der Waals surface area contributed by atoms with Crippen LogP contribution in [-0.4, -0.2) is 26.1 Å². The molecule has 0 spiro atoms. The van der Waals surface area contributed by atoms with Crippen LogP contribution < -0.4 is 22.0 Å². The number of nitrogens with two attached hydrogens (primary N) is 2. The van der Waals surface area contributed by atoms with Crippen LogP contribution in [0.4, 0.5) is 5.69 Å². The summed E-state index contributed by atoms with van der Waals surface area (Å²) >= 11 is 0. The van der Waals surface area contributed by atoms with Crippen molar-refractivity contribution in [3.8, 4) is 0 Å². The molecule has 172 valence electrons. The van der Waals surface area contributed by atoms with Gasteiger partial charge in [-0.1, -0.05) is 75.5 Å². The molecule has 0 aromatic heterocycles. The van der Waals surface area contributed by atoms with Crippen LogP contribution >= 0.6 is 0 Å². The Kier molecular flexibility index (Phi) is 6.32. The molecule has 1 aliphatic heterocycles. The van der Waals surface area contributed by atoms with E-state index in [-0.39, 0.29) is 11.9 Å². The zero-order chi connectivity index (χ0) is 23.9. The van der Waals surface area contributed by atoms with E-state index in [2.05, 4.69) is 93.8 Å². The molecule has 1 amide bonds. The summed E-state index contributed by atoms with van der Waals surface area (Å²) in [7, 11) is -2.05. The molecule has 33 heavy (non-hydrogen) atoms. The van der Waals surface area contributed by atoms with Gasteiger partial charge in [-0.3, -0.25) is 4.79 Å². The highest BCUT2D eigenvalue weighted by atomic mass is 28.3. The topological polar surface area (TPSA) is 81.1 Å². The van der Waals surface area contributed by atoms with Crippen LogP contribution in [0.3, 0.4) is 0 Å². The van der Waals surface area contributed by atoms with Gasteiger partial charge in [0.25, 0.3) is 0 Å². The van der Waals surface area contributed by atoms with Crippen LogP contribution in [0.5, 0.6) is 0 Å². The molecule has 4 rings (SSSR count). The van der Waals surface area contributed by atoms with E-state index in [9.17, 15) is 4.79 Å². The maximum absolute atomic E-state index is 12.7. The number of hydrogen-bond acceptors (Lipinski definition) is 3. The van der Waals surface area contributed by atoms with Gasteiger partial charge in [0, 0.05) is 11.7 Å². The molecular formula is C28H35N3OSi. The third-order valence-electron chi connectivity index (χ3n) is 6.78. The minimum absolute atomic E-state index is 0.0767. The van der Waals surface area contributed by atoms with Crippen molar-refractivity contribution in [2.75, 3.05) is 5.32 Å². The quantitative estimate of drug-likeness (QED) is 0.582. The SMILES string of the molecule is Cc1ccccc1C1=C2C=CC(N)C=C2[Si](C)(C)c2cc(NC(=O)[C@H](N)CC(C)C)ccc21. The molecule has 0 saturated carbocycles. The second-order valence-corrected chi connectivity index (χ2v) is 14.6. The van der Waals surface area contributed by atoms with Crippen molar-refractivity contribution in [2.24, 2.45) is 17.4 Å². The van der Waals surface area contributed by atoms with Crippen LogP contribution in [0.15, 0.2) is 71.5 Å². The predicted molar refractivity (Wildman–Crippen MR) is 142 cm³/mol. The minimum Gasteiger partial charge on any atom is -0.325 e. The molecule has 0 saturated heterocycles. The maximum atomic E-state index is 12.7. The molecule has 5 N–H and O–H groups in total. The Morgan fingerprint density at radius 1 is 1.12 bits per heavy atom. The number of rotatable bonds is 5. The number of carbonyl (C=O) groups is 1. The zero-order valence-corrected chi connectivity index (χ0v) is 21.3. The molecule has 2 atom stereocenters. The number of nitrogens with one attached hydrogen (secondary N) is 1. The van der Waals surface area contributed by atoms with Gasteiger partial charge < -0.3 is 16.8 Å². The van der Waals surface area contributed by atoms with E-state index in [1.165, 1.54) is 38.2 Å². The van der Waals surface area contributed by atoms with Crippen molar-refractivity contribution in [3.63, 3.8) is 0 Å². The number of benzene rings is 2. The van der Waals surface area contributed by atoms with Gasteiger partial charge in [-0.15, -0.1) is 0 Å². The van der Waals surface area contributed by atoms with Crippen molar-refractivity contribution in [2.45, 2.75) is 52.4 Å². The van der Waals surface area contributed by atoms with E-state index < -0.39 is 14.1 Å². The van der Waals surface area contributed by atoms with Crippen molar-refractivity contribution in [1.82, 2.24) is 0 Å². The van der Waals surface area contributed by atoms with Crippen LogP contribution in [0, 0.1) is 12.8 Å². The van der Waals surface area contributed by atoms with Crippen molar-refractivity contribution in [1.29, 1.82) is 0 Å². The van der Waals surface area contributed by atoms with Gasteiger partial charge in [-0.2, -0.15) is 0 Å². The summed E-state index contributed by atoms with van der Waals surface area (Å²) in [5, 5.41) is 5.74. The molecule has 4 nitrogen and oxygen atoms in total. The first-order valence-electron chi connectivity index (χ1n) is 11.8. The molecule has 0 fully saturated rings. The lowest BCUT2D eigenvalue weighted by Gasteiger charge is -2.39. The molecular weight excluding hydrogens is 422 g/mol. The molecule has 0 bridgehead atoms. The highest BCUT2D eigenvalue weighted by Crippen LogP contribution is 2.42. The summed E-state index contributed by atoms with van der Waals surface area (Å²) in [5.74, 6) is 0.243. The van der Waals surface area contributed by atoms with Crippen LogP contribution in [-0.2, 0) is 4.79 Å². The van der Waals surface area contributed by atoms with E-state index in [1.54, 1.807) is 0 Å². The van der Waals surface area contributed by atoms with Gasteiger partial charge in [-0.05, 0) is 69.6 Å². The van der Waals surface area contributed by atoms with E-state index in [1.807, 2.05) is 6.07 Å². The second kappa shape index (κ2) is 8.90. The van der Waals surface area contributed by atoms with E-state index in [0.717, 1.165) is 5.69 Å². The lowest BCUT2D eigenvalue weighted by molar-refractivity contribution is -0.117. The Labute approximate surface area is 198 Å². The molecule has 2 aliphatic rings. The van der Waals surface area contributed by atoms with Gasteiger partial charge in [0.05, 0.1) is 6.04 Å². The number of fused-ring (bicyclic) bond motifs is 2. The smallest absolute Gasteiger partial charge is 0.241 e. The summed E-state index contributed by atoms with van der Waals surface area (Å²) < 4.78 is 0. The Bertz CT molecular complexity index is 1190. The fourth-order valence-electron chi connectivity index (χ4n) is 5.04. The Morgan fingerprint density at radius 3 is 2.55 bits per heavy atom. The summed E-state index contributed by atoms with van der Waals surface area (Å²) in [5.41, 5.74) is 19.5. The van der Waals surface area contributed by atoms with Crippen LogP contribution in [0.2, 0.25) is 13.1 Å². The summed E-state index contributed by atoms with van der Waals surface area (Å²) in [6.45, 7) is 11.1. The third-order valence-corrected chi connectivity index (χ3v) is 10.3. The fourth-order valence-corrected chi connectivity index (χ4v) is 8.22. The highest BCUT2D eigenvalue weighted by Gasteiger charge is 2.39. The first-order valence-corrected chi connectivity index (χ1v) is 14.8. The van der Waals surface area contributed by atoms with Crippen molar-refractivity contribution >= 4 is 30.4 Å². The first-order chi connectivity index (χ1) is 15.6. The number of hydrogen-bond donors (Lipinski definition) is 3. The van der Waals surface area contributed by atoms with E-state index >= 15 is 0 Å². The lowest BCUT2D eigenvalue weighted by atomic mass is 9.87. The molecule has 1 unspecified atom stereocenters. The van der Waals surface area contributed by atoms with Crippen molar-refractivity contribution < 1.29 is 4.79 Å². The standard InChI is InChI=1S/C28H35N3OSi/c1-17(2)14-24(30)28(32)31-20-11-13-23-26(16-20)33(4,5)25-15-19(29)10-12-22(25)27(23)21-9-7-6-8-18(21)3/h6-13,15-17,19,24H,14,29-30H2,1-5H3,(H,31,32)/t19?,24-/m1/s1. The number of amides is 1. The Morgan fingerprint density at radius 2 is 1.85 bits per heavy atom. The Hall–Kier alpha value is -2.73. The summed E-state index contributed by atoms with van der Waals surface area (Å²) in [6.07, 6.45) is 7.18. The van der Waals surface area contributed by atoms with Gasteiger partial charge >= 0.3 is 0 Å². The Balaban J connectivity index is 1.85. The first kappa shape index (κ1) is 23.4. The molecule has 2 aromatic rings. The van der Waals surface area contributed by atoms with Gasteiger partial charge in [0.2, 0.25) is 5.91 Å². The van der Waals surface area contributed by atoms with E-state index in [0.29, 0.717) is 12.3 Å². The molecule has 1 aliphatic carbocycles. The number of allylic oxidation sites excluding steroid dienone is 3. The highest BCUT2D eigenvalue weighted by molar-refractivity contribution is 6.97. The molecule has 0 radical (unpaired) electrons. The van der Waals surface area contributed by atoms with E-state index in [4.69, 9.17) is 11.5 Å². The van der Waals surface area contributed by atoms with Gasteiger partial charge in [0.1, 0.15) is 8.07 Å². The number of aryl methyl sites for hydroxylation is 1. The number of carbonyl (C=O) groups excluding carboxylic acids is 1. The summed E-state index contributed by atoms with van der Waals surface area (Å²) in [4.78, 5) is 12.7. The zero-order valence-electron chi connectivity index (χ0n) is 20.3. The maximum Gasteiger partial charge on any atom is 0.241 e. The fraction of sp³-hybridized carbons (Fsp3) is 0.321. The predicted octanol–water partition coefficient (Wildman–Crippen LogP) is 4.40. The lowest BCUT2D eigenvalue weighted by Crippen LogP contribution is -2.50. The van der Waals surface area contributed by atoms with Crippen molar-refractivity contribution in [3.05, 3.63) is 88.2 Å². The molecule has 1 heterocycles. The minimum atomic E-state index is -2.05. The molecule has 2 aromatic carbocycles. The monoisotopic (exact) mass is 457 g/mol. The average Bonchev–Trinajstić information content (AvgIpc) is 2.75. The second-order valence-electron chi connectivity index (χ2n) is 10.2. The average molecular weight is 458 g/mol.